The molecular formula is C11H14ClN. The first-order valence-electron chi connectivity index (χ1n) is 4.33. The third-order valence-electron chi connectivity index (χ3n) is 1.88. The van der Waals surface area contributed by atoms with Gasteiger partial charge in [0, 0.05) is 11.1 Å². The molecule has 1 rings (SSSR count). The third kappa shape index (κ3) is 3.62. The lowest BCUT2D eigenvalue weighted by Crippen LogP contribution is -2.17. The van der Waals surface area contributed by atoms with E-state index in [2.05, 4.69) is 24.4 Å². The van der Waals surface area contributed by atoms with Crippen molar-refractivity contribution in [3.63, 3.8) is 0 Å². The van der Waals surface area contributed by atoms with E-state index in [1.807, 2.05) is 31.3 Å². The summed E-state index contributed by atoms with van der Waals surface area (Å²) >= 11 is 5.84. The van der Waals surface area contributed by atoms with Crippen LogP contribution in [-0.2, 0) is 0 Å². The van der Waals surface area contributed by atoms with Crippen LogP contribution in [0.25, 0.3) is 6.08 Å². The Kier molecular flexibility index (Phi) is 4.00. The van der Waals surface area contributed by atoms with E-state index in [0.29, 0.717) is 6.04 Å². The van der Waals surface area contributed by atoms with E-state index < -0.39 is 0 Å². The standard InChI is InChI=1S/C11H14ClN/c1-9(13-2)6-7-10-4-3-5-11(12)8-10/h3-9,13H,1-2H3/b7-6+/t9-/m1/s1. The van der Waals surface area contributed by atoms with Crippen LogP contribution in [0, 0.1) is 0 Å². The normalized spacial score (nSPS) is 13.5. The second-order valence-electron chi connectivity index (χ2n) is 2.99. The first kappa shape index (κ1) is 10.3. The molecule has 1 N–H and O–H groups in total. The van der Waals surface area contributed by atoms with Crippen molar-refractivity contribution in [2.75, 3.05) is 7.05 Å². The van der Waals surface area contributed by atoms with E-state index in [-0.39, 0.29) is 0 Å². The van der Waals surface area contributed by atoms with Crippen LogP contribution < -0.4 is 5.32 Å². The average molecular weight is 196 g/mol. The minimum atomic E-state index is 0.388. The van der Waals surface area contributed by atoms with Gasteiger partial charge in [0.15, 0.2) is 0 Å². The van der Waals surface area contributed by atoms with Crippen molar-refractivity contribution in [3.8, 4) is 0 Å². The summed E-state index contributed by atoms with van der Waals surface area (Å²) in [5.74, 6) is 0. The Morgan fingerprint density at radius 2 is 2.23 bits per heavy atom. The maximum atomic E-state index is 5.84. The molecule has 0 amide bonds. The third-order valence-corrected chi connectivity index (χ3v) is 2.12. The topological polar surface area (TPSA) is 12.0 Å². The Morgan fingerprint density at radius 1 is 1.46 bits per heavy atom. The Hall–Kier alpha value is -0.790. The zero-order valence-electron chi connectivity index (χ0n) is 7.92. The van der Waals surface area contributed by atoms with E-state index in [1.54, 1.807) is 0 Å². The van der Waals surface area contributed by atoms with Gasteiger partial charge in [-0.05, 0) is 31.7 Å². The van der Waals surface area contributed by atoms with Crippen LogP contribution in [0.15, 0.2) is 30.3 Å². The van der Waals surface area contributed by atoms with Crippen molar-refractivity contribution < 1.29 is 0 Å². The van der Waals surface area contributed by atoms with Gasteiger partial charge in [0.1, 0.15) is 0 Å². The maximum absolute atomic E-state index is 5.84. The molecule has 13 heavy (non-hydrogen) atoms. The molecule has 0 saturated heterocycles. The molecule has 0 bridgehead atoms. The minimum absolute atomic E-state index is 0.388. The minimum Gasteiger partial charge on any atom is -0.314 e. The molecule has 0 spiro atoms. The number of nitrogens with one attached hydrogen (secondary N) is 1. The fourth-order valence-corrected chi connectivity index (χ4v) is 1.16. The first-order valence-corrected chi connectivity index (χ1v) is 4.71. The number of hydrogen-bond donors (Lipinski definition) is 1. The van der Waals surface area contributed by atoms with Crippen molar-refractivity contribution in [2.45, 2.75) is 13.0 Å². The van der Waals surface area contributed by atoms with E-state index in [1.165, 1.54) is 0 Å². The highest BCUT2D eigenvalue weighted by Crippen LogP contribution is 2.11. The lowest BCUT2D eigenvalue weighted by Gasteiger charge is -2.02. The molecule has 0 radical (unpaired) electrons. The Balaban J connectivity index is 2.68. The molecule has 1 aromatic carbocycles. The molecule has 1 aromatic rings. The fraction of sp³-hybridized carbons (Fsp3) is 0.273. The Morgan fingerprint density at radius 3 is 2.85 bits per heavy atom. The van der Waals surface area contributed by atoms with E-state index in [4.69, 9.17) is 11.6 Å². The van der Waals surface area contributed by atoms with Crippen molar-refractivity contribution in [1.82, 2.24) is 5.32 Å². The molecule has 0 heterocycles. The lowest BCUT2D eigenvalue weighted by molar-refractivity contribution is 0.731. The zero-order valence-corrected chi connectivity index (χ0v) is 8.68. The SMILES string of the molecule is CN[C@H](C)/C=C/c1cccc(Cl)c1. The van der Waals surface area contributed by atoms with E-state index in [0.717, 1.165) is 10.6 Å². The van der Waals surface area contributed by atoms with Crippen LogP contribution in [0.4, 0.5) is 0 Å². The molecule has 0 saturated carbocycles. The molecular weight excluding hydrogens is 182 g/mol. The van der Waals surface area contributed by atoms with Crippen LogP contribution in [0.5, 0.6) is 0 Å². The molecule has 2 heteroatoms. The molecule has 0 aliphatic rings. The molecule has 0 fully saturated rings. The highest BCUT2D eigenvalue weighted by atomic mass is 35.5. The summed E-state index contributed by atoms with van der Waals surface area (Å²) < 4.78 is 0. The van der Waals surface area contributed by atoms with Crippen molar-refractivity contribution in [2.24, 2.45) is 0 Å². The number of benzene rings is 1. The van der Waals surface area contributed by atoms with Gasteiger partial charge in [-0.1, -0.05) is 35.9 Å². The molecule has 0 aromatic heterocycles. The zero-order chi connectivity index (χ0) is 9.68. The average Bonchev–Trinajstić information content (AvgIpc) is 2.14. The van der Waals surface area contributed by atoms with Crippen molar-refractivity contribution in [3.05, 3.63) is 40.9 Å². The summed E-state index contributed by atoms with van der Waals surface area (Å²) in [6, 6.07) is 8.19. The molecule has 70 valence electrons. The Bertz CT molecular complexity index is 294. The van der Waals surface area contributed by atoms with Gasteiger partial charge in [-0.3, -0.25) is 0 Å². The van der Waals surface area contributed by atoms with Crippen molar-refractivity contribution in [1.29, 1.82) is 0 Å². The van der Waals surface area contributed by atoms with Crippen molar-refractivity contribution >= 4 is 17.7 Å². The number of hydrogen-bond acceptors (Lipinski definition) is 1. The van der Waals surface area contributed by atoms with Crippen LogP contribution in [0.1, 0.15) is 12.5 Å². The fourth-order valence-electron chi connectivity index (χ4n) is 0.962. The van der Waals surface area contributed by atoms with Gasteiger partial charge in [0.2, 0.25) is 0 Å². The van der Waals surface area contributed by atoms with Crippen LogP contribution in [0.3, 0.4) is 0 Å². The predicted molar refractivity (Wildman–Crippen MR) is 59.0 cm³/mol. The van der Waals surface area contributed by atoms with Gasteiger partial charge < -0.3 is 5.32 Å². The van der Waals surface area contributed by atoms with Gasteiger partial charge in [-0.15, -0.1) is 0 Å². The van der Waals surface area contributed by atoms with Gasteiger partial charge in [0.05, 0.1) is 0 Å². The molecule has 0 aliphatic heterocycles. The number of halogens is 1. The van der Waals surface area contributed by atoms with Crippen LogP contribution in [-0.4, -0.2) is 13.1 Å². The van der Waals surface area contributed by atoms with Gasteiger partial charge in [-0.25, -0.2) is 0 Å². The number of rotatable bonds is 3. The summed E-state index contributed by atoms with van der Waals surface area (Å²) in [6.07, 6.45) is 4.17. The summed E-state index contributed by atoms with van der Waals surface area (Å²) in [7, 11) is 1.94. The monoisotopic (exact) mass is 195 g/mol. The largest absolute Gasteiger partial charge is 0.314 e. The summed E-state index contributed by atoms with van der Waals surface area (Å²) in [6.45, 7) is 2.10. The number of likely N-dealkylation sites (N-methyl/N-ethyl adjacent to an activating group) is 1. The van der Waals surface area contributed by atoms with Gasteiger partial charge in [-0.2, -0.15) is 0 Å². The van der Waals surface area contributed by atoms with Crippen LogP contribution >= 0.6 is 11.6 Å². The molecule has 1 nitrogen and oxygen atoms in total. The highest BCUT2D eigenvalue weighted by Gasteiger charge is 1.91. The maximum Gasteiger partial charge on any atom is 0.0411 e. The second-order valence-corrected chi connectivity index (χ2v) is 3.43. The summed E-state index contributed by atoms with van der Waals surface area (Å²) in [5.41, 5.74) is 1.13. The van der Waals surface area contributed by atoms with E-state index in [9.17, 15) is 0 Å². The quantitative estimate of drug-likeness (QED) is 0.782. The first-order chi connectivity index (χ1) is 6.22. The summed E-state index contributed by atoms with van der Waals surface area (Å²) in [5, 5.41) is 3.91. The second kappa shape index (κ2) is 5.05. The highest BCUT2D eigenvalue weighted by molar-refractivity contribution is 6.30. The molecule has 1 atom stereocenters. The smallest absolute Gasteiger partial charge is 0.0411 e. The molecule has 0 aliphatic carbocycles. The van der Waals surface area contributed by atoms with Gasteiger partial charge in [0.25, 0.3) is 0 Å². The predicted octanol–water partition coefficient (Wildman–Crippen LogP) is 2.96. The molecule has 0 unspecified atom stereocenters. The van der Waals surface area contributed by atoms with Gasteiger partial charge >= 0.3 is 0 Å². The lowest BCUT2D eigenvalue weighted by atomic mass is 10.2. The summed E-state index contributed by atoms with van der Waals surface area (Å²) in [4.78, 5) is 0. The van der Waals surface area contributed by atoms with E-state index >= 15 is 0 Å². The Labute approximate surface area is 84.4 Å². The van der Waals surface area contributed by atoms with Crippen LogP contribution in [0.2, 0.25) is 5.02 Å².